The normalized spacial score (nSPS) is 23.3. The second-order valence-corrected chi connectivity index (χ2v) is 4.84. The summed E-state index contributed by atoms with van der Waals surface area (Å²) in [6.45, 7) is 5.96. The summed E-state index contributed by atoms with van der Waals surface area (Å²) >= 11 is 0. The predicted octanol–water partition coefficient (Wildman–Crippen LogP) is 0.878. The molecule has 18 heavy (non-hydrogen) atoms. The number of carbonyl (C=O) groups excluding carboxylic acids is 1. The van der Waals surface area contributed by atoms with E-state index in [4.69, 9.17) is 0 Å². The minimum atomic E-state index is -0.0337. The molecule has 102 valence electrons. The molecule has 0 spiro atoms. The molecular weight excluding hydrogens is 252 g/mol. The summed E-state index contributed by atoms with van der Waals surface area (Å²) in [5.74, 6) is 0.489. The molecule has 2 rings (SSSR count). The van der Waals surface area contributed by atoms with Gasteiger partial charge in [0.1, 0.15) is 5.69 Å². The van der Waals surface area contributed by atoms with Gasteiger partial charge >= 0.3 is 0 Å². The van der Waals surface area contributed by atoms with E-state index < -0.39 is 0 Å². The molecule has 0 aromatic carbocycles. The summed E-state index contributed by atoms with van der Waals surface area (Å²) in [6.07, 6.45) is 1.11. The Balaban J connectivity index is 0.00000162. The Morgan fingerprint density at radius 2 is 2.33 bits per heavy atom. The molecule has 1 saturated heterocycles. The highest BCUT2D eigenvalue weighted by Crippen LogP contribution is 2.12. The number of rotatable bonds is 2. The Hall–Kier alpha value is -1.07. The average Bonchev–Trinajstić information content (AvgIpc) is 2.61. The zero-order valence-corrected chi connectivity index (χ0v) is 11.9. The Kier molecular flexibility index (Phi) is 5.16. The van der Waals surface area contributed by atoms with Crippen molar-refractivity contribution >= 4 is 18.3 Å². The van der Waals surface area contributed by atoms with Crippen LogP contribution in [0.4, 0.5) is 0 Å². The lowest BCUT2D eigenvalue weighted by atomic mass is 9.95. The fourth-order valence-corrected chi connectivity index (χ4v) is 2.25. The van der Waals surface area contributed by atoms with E-state index in [1.165, 1.54) is 0 Å². The molecule has 1 fully saturated rings. The minimum absolute atomic E-state index is 0. The summed E-state index contributed by atoms with van der Waals surface area (Å²) < 4.78 is 1.63. The van der Waals surface area contributed by atoms with Gasteiger partial charge in [-0.25, -0.2) is 0 Å². The van der Waals surface area contributed by atoms with Gasteiger partial charge in [0, 0.05) is 19.6 Å². The zero-order chi connectivity index (χ0) is 12.4. The van der Waals surface area contributed by atoms with E-state index >= 15 is 0 Å². The third-order valence-corrected chi connectivity index (χ3v) is 3.38. The number of hydrogen-bond donors (Lipinski definition) is 2. The van der Waals surface area contributed by atoms with Gasteiger partial charge in [0.15, 0.2) is 0 Å². The summed E-state index contributed by atoms with van der Waals surface area (Å²) in [4.78, 5) is 12.1. The van der Waals surface area contributed by atoms with E-state index in [0.717, 1.165) is 25.2 Å². The van der Waals surface area contributed by atoms with Crippen LogP contribution in [0.5, 0.6) is 0 Å². The molecule has 1 aliphatic heterocycles. The van der Waals surface area contributed by atoms with Crippen LogP contribution in [0.3, 0.4) is 0 Å². The van der Waals surface area contributed by atoms with Crippen LogP contribution < -0.4 is 10.6 Å². The molecule has 0 saturated carbocycles. The van der Waals surface area contributed by atoms with Crippen LogP contribution in [-0.2, 0) is 7.05 Å². The first kappa shape index (κ1) is 15.0. The number of nitrogens with one attached hydrogen (secondary N) is 2. The molecule has 0 aliphatic carbocycles. The van der Waals surface area contributed by atoms with Crippen molar-refractivity contribution in [2.75, 3.05) is 13.1 Å². The molecule has 1 aliphatic rings. The lowest BCUT2D eigenvalue weighted by Crippen LogP contribution is -2.50. The van der Waals surface area contributed by atoms with Crippen LogP contribution >= 0.6 is 12.4 Å². The number of aromatic nitrogens is 2. The lowest BCUT2D eigenvalue weighted by Gasteiger charge is -2.30. The Labute approximate surface area is 114 Å². The van der Waals surface area contributed by atoms with Crippen LogP contribution in [0.2, 0.25) is 0 Å². The van der Waals surface area contributed by atoms with Gasteiger partial charge in [-0.1, -0.05) is 6.92 Å². The third-order valence-electron chi connectivity index (χ3n) is 3.38. The highest BCUT2D eigenvalue weighted by Gasteiger charge is 2.24. The van der Waals surface area contributed by atoms with Crippen molar-refractivity contribution in [3.05, 3.63) is 17.5 Å². The van der Waals surface area contributed by atoms with E-state index in [-0.39, 0.29) is 24.4 Å². The van der Waals surface area contributed by atoms with Crippen LogP contribution in [0.1, 0.15) is 29.5 Å². The van der Waals surface area contributed by atoms with Crippen LogP contribution in [-0.4, -0.2) is 34.8 Å². The largest absolute Gasteiger partial charge is 0.346 e. The van der Waals surface area contributed by atoms with Gasteiger partial charge in [-0.2, -0.15) is 5.10 Å². The topological polar surface area (TPSA) is 59.0 Å². The zero-order valence-electron chi connectivity index (χ0n) is 11.1. The summed E-state index contributed by atoms with van der Waals surface area (Å²) in [5.41, 5.74) is 1.49. The SMILES string of the molecule is Cc1cc(C(=O)NC2CNCCC2C)n(C)n1.Cl. The average molecular weight is 273 g/mol. The number of aryl methyl sites for hydroxylation is 2. The Morgan fingerprint density at radius 3 is 2.89 bits per heavy atom. The predicted molar refractivity (Wildman–Crippen MR) is 73.1 cm³/mol. The van der Waals surface area contributed by atoms with Gasteiger partial charge in [0.2, 0.25) is 0 Å². The summed E-state index contributed by atoms with van der Waals surface area (Å²) in [6, 6.07) is 2.03. The van der Waals surface area contributed by atoms with Crippen molar-refractivity contribution in [3.63, 3.8) is 0 Å². The number of hydrogen-bond acceptors (Lipinski definition) is 3. The molecule has 0 radical (unpaired) electrons. The lowest BCUT2D eigenvalue weighted by molar-refractivity contribution is 0.0905. The van der Waals surface area contributed by atoms with Crippen molar-refractivity contribution in [1.29, 1.82) is 0 Å². The first-order chi connectivity index (χ1) is 8.08. The van der Waals surface area contributed by atoms with Crippen molar-refractivity contribution < 1.29 is 4.79 Å². The van der Waals surface area contributed by atoms with E-state index in [2.05, 4.69) is 22.7 Å². The maximum absolute atomic E-state index is 12.1. The molecular formula is C12H21ClN4O. The first-order valence-corrected chi connectivity index (χ1v) is 6.10. The number of carbonyl (C=O) groups is 1. The molecule has 5 nitrogen and oxygen atoms in total. The van der Waals surface area contributed by atoms with Gasteiger partial charge < -0.3 is 10.6 Å². The first-order valence-electron chi connectivity index (χ1n) is 6.10. The van der Waals surface area contributed by atoms with Crippen LogP contribution in [0.25, 0.3) is 0 Å². The van der Waals surface area contributed by atoms with E-state index in [9.17, 15) is 4.79 Å². The maximum Gasteiger partial charge on any atom is 0.269 e. The molecule has 0 bridgehead atoms. The molecule has 2 N–H and O–H groups in total. The van der Waals surface area contributed by atoms with Gasteiger partial charge in [-0.05, 0) is 31.9 Å². The van der Waals surface area contributed by atoms with E-state index in [0.29, 0.717) is 11.6 Å². The van der Waals surface area contributed by atoms with Gasteiger partial charge in [-0.3, -0.25) is 9.48 Å². The van der Waals surface area contributed by atoms with Crippen molar-refractivity contribution in [2.24, 2.45) is 13.0 Å². The minimum Gasteiger partial charge on any atom is -0.346 e. The van der Waals surface area contributed by atoms with Crippen LogP contribution in [0.15, 0.2) is 6.07 Å². The number of nitrogens with zero attached hydrogens (tertiary/aromatic N) is 2. The molecule has 1 amide bonds. The number of halogens is 1. The van der Waals surface area contributed by atoms with Gasteiger partial charge in [-0.15, -0.1) is 12.4 Å². The maximum atomic E-state index is 12.1. The smallest absolute Gasteiger partial charge is 0.269 e. The van der Waals surface area contributed by atoms with E-state index in [1.807, 2.05) is 13.0 Å². The Morgan fingerprint density at radius 1 is 1.61 bits per heavy atom. The van der Waals surface area contributed by atoms with Crippen molar-refractivity contribution in [3.8, 4) is 0 Å². The quantitative estimate of drug-likeness (QED) is 0.840. The Bertz CT molecular complexity index is 418. The standard InChI is InChI=1S/C12H20N4O.ClH/c1-8-4-5-13-7-10(8)14-12(17)11-6-9(2)15-16(11)3;/h6,8,10,13H,4-5,7H2,1-3H3,(H,14,17);1H. The van der Waals surface area contributed by atoms with Gasteiger partial charge in [0.25, 0.3) is 5.91 Å². The van der Waals surface area contributed by atoms with Gasteiger partial charge in [0.05, 0.1) is 5.69 Å². The molecule has 6 heteroatoms. The third kappa shape index (κ3) is 3.23. The van der Waals surface area contributed by atoms with Crippen molar-refractivity contribution in [2.45, 2.75) is 26.3 Å². The molecule has 1 aromatic heterocycles. The highest BCUT2D eigenvalue weighted by molar-refractivity contribution is 5.92. The second-order valence-electron chi connectivity index (χ2n) is 4.84. The van der Waals surface area contributed by atoms with Crippen LogP contribution in [0, 0.1) is 12.8 Å². The molecule has 2 atom stereocenters. The monoisotopic (exact) mass is 272 g/mol. The second kappa shape index (κ2) is 6.20. The molecule has 1 aromatic rings. The van der Waals surface area contributed by atoms with Crippen molar-refractivity contribution in [1.82, 2.24) is 20.4 Å². The fraction of sp³-hybridized carbons (Fsp3) is 0.667. The molecule has 2 heterocycles. The number of piperidine rings is 1. The van der Waals surface area contributed by atoms with E-state index in [1.54, 1.807) is 11.7 Å². The highest BCUT2D eigenvalue weighted by atomic mass is 35.5. The number of amides is 1. The molecule has 2 unspecified atom stereocenters. The summed E-state index contributed by atoms with van der Waals surface area (Å²) in [7, 11) is 1.80. The summed E-state index contributed by atoms with van der Waals surface area (Å²) in [5, 5.41) is 10.6. The fourth-order valence-electron chi connectivity index (χ4n) is 2.25.